The van der Waals surface area contributed by atoms with E-state index in [1.54, 1.807) is 11.1 Å². The monoisotopic (exact) mass is 218 g/mol. The Hall–Kier alpha value is -0.860. The molecule has 1 aromatic rings. The molecule has 16 heavy (non-hydrogen) atoms. The lowest BCUT2D eigenvalue weighted by atomic mass is 9.99. The van der Waals surface area contributed by atoms with Crippen molar-refractivity contribution in [3.05, 3.63) is 34.9 Å². The fourth-order valence-electron chi connectivity index (χ4n) is 2.63. The zero-order chi connectivity index (χ0) is 11.4. The number of benzene rings is 1. The number of nitrogens with one attached hydrogen (secondary N) is 1. The third-order valence-electron chi connectivity index (χ3n) is 3.52. The summed E-state index contributed by atoms with van der Waals surface area (Å²) in [6, 6.07) is 7.37. The summed E-state index contributed by atoms with van der Waals surface area (Å²) in [6.07, 6.45) is 7.23. The van der Waals surface area contributed by atoms with Crippen LogP contribution < -0.4 is 11.3 Å². The highest BCUT2D eigenvalue weighted by molar-refractivity contribution is 5.35. The van der Waals surface area contributed by atoms with Gasteiger partial charge >= 0.3 is 0 Å². The molecular weight excluding hydrogens is 196 g/mol. The van der Waals surface area contributed by atoms with Gasteiger partial charge in [-0.25, -0.2) is 0 Å². The highest BCUT2D eigenvalue weighted by Gasteiger charge is 2.12. The summed E-state index contributed by atoms with van der Waals surface area (Å²) in [5.74, 6) is 5.57. The number of hydrogen-bond acceptors (Lipinski definition) is 2. The van der Waals surface area contributed by atoms with Gasteiger partial charge in [-0.05, 0) is 48.8 Å². The SMILES string of the molecule is CCCC(Cc1ccc2c(c1)CCC2)NN. The van der Waals surface area contributed by atoms with Crippen LogP contribution in [-0.2, 0) is 19.3 Å². The first-order chi connectivity index (χ1) is 7.83. The molecule has 0 radical (unpaired) electrons. The quantitative estimate of drug-likeness (QED) is 0.588. The van der Waals surface area contributed by atoms with Crippen LogP contribution in [0, 0.1) is 0 Å². The van der Waals surface area contributed by atoms with E-state index in [2.05, 4.69) is 30.5 Å². The van der Waals surface area contributed by atoms with Gasteiger partial charge in [-0.2, -0.15) is 0 Å². The Labute approximate surface area is 98.2 Å². The van der Waals surface area contributed by atoms with Crippen molar-refractivity contribution in [2.24, 2.45) is 5.84 Å². The van der Waals surface area contributed by atoms with Crippen molar-refractivity contribution in [2.45, 2.75) is 51.5 Å². The normalized spacial score (nSPS) is 16.1. The molecule has 0 amide bonds. The summed E-state index contributed by atoms with van der Waals surface area (Å²) >= 11 is 0. The lowest BCUT2D eigenvalue weighted by molar-refractivity contribution is 0.486. The maximum Gasteiger partial charge on any atom is 0.0250 e. The second-order valence-electron chi connectivity index (χ2n) is 4.81. The van der Waals surface area contributed by atoms with E-state index >= 15 is 0 Å². The van der Waals surface area contributed by atoms with Crippen molar-refractivity contribution in [3.63, 3.8) is 0 Å². The van der Waals surface area contributed by atoms with E-state index in [0.717, 1.165) is 12.8 Å². The molecule has 0 aromatic heterocycles. The molecule has 1 unspecified atom stereocenters. The fraction of sp³-hybridized carbons (Fsp3) is 0.571. The molecule has 0 saturated heterocycles. The van der Waals surface area contributed by atoms with E-state index in [1.807, 2.05) is 0 Å². The summed E-state index contributed by atoms with van der Waals surface area (Å²) in [7, 11) is 0. The van der Waals surface area contributed by atoms with E-state index < -0.39 is 0 Å². The summed E-state index contributed by atoms with van der Waals surface area (Å²) in [5, 5.41) is 0. The molecule has 88 valence electrons. The van der Waals surface area contributed by atoms with Crippen molar-refractivity contribution in [1.82, 2.24) is 5.43 Å². The number of hydrazine groups is 1. The summed E-state index contributed by atoms with van der Waals surface area (Å²) in [4.78, 5) is 0. The van der Waals surface area contributed by atoms with Gasteiger partial charge in [0.15, 0.2) is 0 Å². The Balaban J connectivity index is 2.04. The summed E-state index contributed by atoms with van der Waals surface area (Å²) in [6.45, 7) is 2.20. The summed E-state index contributed by atoms with van der Waals surface area (Å²) < 4.78 is 0. The minimum absolute atomic E-state index is 0.421. The highest BCUT2D eigenvalue weighted by Crippen LogP contribution is 2.23. The maximum atomic E-state index is 5.57. The highest BCUT2D eigenvalue weighted by atomic mass is 15.2. The Bertz CT molecular complexity index is 347. The Morgan fingerprint density at radius 3 is 2.88 bits per heavy atom. The first kappa shape index (κ1) is 11.6. The summed E-state index contributed by atoms with van der Waals surface area (Å²) in [5.41, 5.74) is 7.46. The molecule has 0 spiro atoms. The number of nitrogens with two attached hydrogens (primary N) is 1. The topological polar surface area (TPSA) is 38.0 Å². The Morgan fingerprint density at radius 1 is 1.31 bits per heavy atom. The minimum Gasteiger partial charge on any atom is -0.271 e. The molecule has 0 fully saturated rings. The largest absolute Gasteiger partial charge is 0.271 e. The number of fused-ring (bicyclic) bond motifs is 1. The van der Waals surface area contributed by atoms with Gasteiger partial charge in [0.1, 0.15) is 0 Å². The first-order valence-electron chi connectivity index (χ1n) is 6.40. The van der Waals surface area contributed by atoms with Crippen LogP contribution in [0.1, 0.15) is 42.9 Å². The molecule has 2 nitrogen and oxygen atoms in total. The minimum atomic E-state index is 0.421. The Kier molecular flexibility index (Phi) is 3.97. The molecule has 2 rings (SSSR count). The molecule has 0 aliphatic heterocycles. The van der Waals surface area contributed by atoms with Crippen LogP contribution in [-0.4, -0.2) is 6.04 Å². The average Bonchev–Trinajstić information content (AvgIpc) is 2.75. The van der Waals surface area contributed by atoms with Gasteiger partial charge in [0, 0.05) is 6.04 Å². The van der Waals surface area contributed by atoms with Crippen LogP contribution in [0.25, 0.3) is 0 Å². The van der Waals surface area contributed by atoms with Crippen LogP contribution in [0.4, 0.5) is 0 Å². The van der Waals surface area contributed by atoms with Crippen LogP contribution in [0.2, 0.25) is 0 Å². The van der Waals surface area contributed by atoms with E-state index in [9.17, 15) is 0 Å². The van der Waals surface area contributed by atoms with Gasteiger partial charge in [0.2, 0.25) is 0 Å². The molecule has 1 aromatic carbocycles. The van der Waals surface area contributed by atoms with Crippen LogP contribution in [0.3, 0.4) is 0 Å². The van der Waals surface area contributed by atoms with Crippen molar-refractivity contribution >= 4 is 0 Å². The van der Waals surface area contributed by atoms with E-state index in [-0.39, 0.29) is 0 Å². The van der Waals surface area contributed by atoms with Gasteiger partial charge in [-0.15, -0.1) is 0 Å². The van der Waals surface area contributed by atoms with Gasteiger partial charge in [0.05, 0.1) is 0 Å². The second kappa shape index (κ2) is 5.46. The predicted molar refractivity (Wildman–Crippen MR) is 68.2 cm³/mol. The van der Waals surface area contributed by atoms with Crippen LogP contribution >= 0.6 is 0 Å². The number of rotatable bonds is 5. The molecule has 0 bridgehead atoms. The van der Waals surface area contributed by atoms with Crippen LogP contribution in [0.15, 0.2) is 18.2 Å². The predicted octanol–water partition coefficient (Wildman–Crippen LogP) is 2.35. The first-order valence-corrected chi connectivity index (χ1v) is 6.40. The standard InChI is InChI=1S/C14H22N2/c1-2-4-14(16-15)10-11-7-8-12-5-3-6-13(12)9-11/h7-9,14,16H,2-6,10,15H2,1H3. The molecule has 0 saturated carbocycles. The van der Waals surface area contributed by atoms with Crippen molar-refractivity contribution in [2.75, 3.05) is 0 Å². The molecular formula is C14H22N2. The van der Waals surface area contributed by atoms with Crippen molar-refractivity contribution in [3.8, 4) is 0 Å². The lowest BCUT2D eigenvalue weighted by Gasteiger charge is -2.15. The number of aryl methyl sites for hydroxylation is 2. The van der Waals surface area contributed by atoms with Gasteiger partial charge in [-0.3, -0.25) is 11.3 Å². The van der Waals surface area contributed by atoms with E-state index in [0.29, 0.717) is 6.04 Å². The lowest BCUT2D eigenvalue weighted by Crippen LogP contribution is -2.36. The third-order valence-corrected chi connectivity index (χ3v) is 3.52. The van der Waals surface area contributed by atoms with E-state index in [1.165, 1.54) is 31.2 Å². The van der Waals surface area contributed by atoms with Gasteiger partial charge in [-0.1, -0.05) is 31.5 Å². The number of hydrogen-bond donors (Lipinski definition) is 2. The fourth-order valence-corrected chi connectivity index (χ4v) is 2.63. The zero-order valence-corrected chi connectivity index (χ0v) is 10.1. The third kappa shape index (κ3) is 2.63. The maximum absolute atomic E-state index is 5.57. The average molecular weight is 218 g/mol. The molecule has 0 heterocycles. The molecule has 2 heteroatoms. The molecule has 1 atom stereocenters. The van der Waals surface area contributed by atoms with Crippen molar-refractivity contribution in [1.29, 1.82) is 0 Å². The van der Waals surface area contributed by atoms with Gasteiger partial charge < -0.3 is 0 Å². The van der Waals surface area contributed by atoms with E-state index in [4.69, 9.17) is 5.84 Å². The smallest absolute Gasteiger partial charge is 0.0250 e. The molecule has 1 aliphatic carbocycles. The van der Waals surface area contributed by atoms with Crippen LogP contribution in [0.5, 0.6) is 0 Å². The molecule has 1 aliphatic rings. The van der Waals surface area contributed by atoms with Gasteiger partial charge in [0.25, 0.3) is 0 Å². The van der Waals surface area contributed by atoms with Crippen molar-refractivity contribution < 1.29 is 0 Å². The Morgan fingerprint density at radius 2 is 2.12 bits per heavy atom. The molecule has 3 N–H and O–H groups in total. The second-order valence-corrected chi connectivity index (χ2v) is 4.81. The zero-order valence-electron chi connectivity index (χ0n) is 10.1.